The van der Waals surface area contributed by atoms with Gasteiger partial charge in [0.2, 0.25) is 0 Å². The molecule has 3 N–H and O–H groups in total. The minimum Gasteiger partial charge on any atom is -0.497 e. The van der Waals surface area contributed by atoms with Crippen LogP contribution in [0, 0.1) is 0 Å². The summed E-state index contributed by atoms with van der Waals surface area (Å²) >= 11 is 0. The Balaban J connectivity index is 1.56. The molecule has 0 aliphatic heterocycles. The van der Waals surface area contributed by atoms with Gasteiger partial charge in [-0.05, 0) is 29.8 Å². The number of anilines is 1. The highest BCUT2D eigenvalue weighted by molar-refractivity contribution is 5.88. The summed E-state index contributed by atoms with van der Waals surface area (Å²) in [5, 5.41) is 12.4. The van der Waals surface area contributed by atoms with Gasteiger partial charge in [0.1, 0.15) is 5.75 Å². The lowest BCUT2D eigenvalue weighted by Gasteiger charge is -2.07. The van der Waals surface area contributed by atoms with Crippen LogP contribution in [-0.4, -0.2) is 28.3 Å². The maximum Gasteiger partial charge on any atom is 0.320 e. The first kappa shape index (κ1) is 15.5. The molecule has 1 aromatic carbocycles. The van der Waals surface area contributed by atoms with E-state index in [4.69, 9.17) is 4.74 Å². The number of nitrogens with zero attached hydrogens (tertiary/aromatic N) is 2. The third-order valence-electron chi connectivity index (χ3n) is 3.40. The van der Waals surface area contributed by atoms with E-state index < -0.39 is 0 Å². The van der Waals surface area contributed by atoms with Crippen LogP contribution in [-0.2, 0) is 6.54 Å². The number of ether oxygens (including phenoxy) is 1. The molecule has 7 nitrogen and oxygen atoms in total. The van der Waals surface area contributed by atoms with Gasteiger partial charge in [-0.2, -0.15) is 5.10 Å². The lowest BCUT2D eigenvalue weighted by atomic mass is 10.2. The zero-order valence-corrected chi connectivity index (χ0v) is 13.1. The molecule has 0 bridgehead atoms. The Labute approximate surface area is 139 Å². The topological polar surface area (TPSA) is 91.9 Å². The van der Waals surface area contributed by atoms with Crippen LogP contribution < -0.4 is 15.4 Å². The number of aromatic amines is 1. The molecule has 0 spiro atoms. The summed E-state index contributed by atoms with van der Waals surface area (Å²) in [5.74, 6) is 1.20. The van der Waals surface area contributed by atoms with Crippen LogP contribution in [0.15, 0.2) is 54.9 Å². The Morgan fingerprint density at radius 3 is 2.83 bits per heavy atom. The summed E-state index contributed by atoms with van der Waals surface area (Å²) in [5.41, 5.74) is 2.70. The number of benzene rings is 1. The highest BCUT2D eigenvalue weighted by atomic mass is 16.5. The lowest BCUT2D eigenvalue weighted by molar-refractivity contribution is 0.251. The number of aromatic nitrogens is 3. The predicted molar refractivity (Wildman–Crippen MR) is 90.7 cm³/mol. The summed E-state index contributed by atoms with van der Waals surface area (Å²) in [7, 11) is 1.61. The Morgan fingerprint density at radius 1 is 1.21 bits per heavy atom. The minimum atomic E-state index is -0.328. The van der Waals surface area contributed by atoms with E-state index in [1.54, 1.807) is 25.6 Å². The number of H-pyrrole nitrogens is 1. The third-order valence-corrected chi connectivity index (χ3v) is 3.40. The normalized spacial score (nSPS) is 10.2. The summed E-state index contributed by atoms with van der Waals surface area (Å²) in [6.07, 6.45) is 3.40. The SMILES string of the molecule is COc1cccc(CNC(=O)Nc2cc(-c3ccncc3)[nH]n2)c1. The van der Waals surface area contributed by atoms with Gasteiger partial charge in [-0.25, -0.2) is 4.79 Å². The van der Waals surface area contributed by atoms with E-state index in [-0.39, 0.29) is 6.03 Å². The van der Waals surface area contributed by atoms with Crippen molar-refractivity contribution in [1.29, 1.82) is 0 Å². The van der Waals surface area contributed by atoms with Crippen LogP contribution in [0.1, 0.15) is 5.56 Å². The van der Waals surface area contributed by atoms with Crippen LogP contribution >= 0.6 is 0 Å². The molecule has 2 aromatic heterocycles. The average molecular weight is 323 g/mol. The van der Waals surface area contributed by atoms with E-state index in [2.05, 4.69) is 25.8 Å². The second-order valence-electron chi connectivity index (χ2n) is 5.06. The molecular weight excluding hydrogens is 306 g/mol. The number of pyridine rings is 1. The molecule has 0 aliphatic carbocycles. The average Bonchev–Trinajstić information content (AvgIpc) is 3.09. The van der Waals surface area contributed by atoms with Gasteiger partial charge in [0.25, 0.3) is 0 Å². The van der Waals surface area contributed by atoms with Gasteiger partial charge in [0.15, 0.2) is 5.82 Å². The third kappa shape index (κ3) is 3.89. The summed E-state index contributed by atoms with van der Waals surface area (Å²) in [6, 6.07) is 12.7. The fourth-order valence-electron chi connectivity index (χ4n) is 2.19. The molecule has 122 valence electrons. The van der Waals surface area contributed by atoms with Crippen molar-refractivity contribution in [1.82, 2.24) is 20.5 Å². The molecule has 2 amide bonds. The van der Waals surface area contributed by atoms with Gasteiger partial charge >= 0.3 is 6.03 Å². The number of amides is 2. The second-order valence-corrected chi connectivity index (χ2v) is 5.06. The number of urea groups is 1. The molecule has 0 unspecified atom stereocenters. The van der Waals surface area contributed by atoms with Gasteiger partial charge in [-0.3, -0.25) is 15.4 Å². The minimum absolute atomic E-state index is 0.328. The lowest BCUT2D eigenvalue weighted by Crippen LogP contribution is -2.28. The molecule has 2 heterocycles. The standard InChI is InChI=1S/C17H17N5O2/c1-24-14-4-2-3-12(9-14)11-19-17(23)20-16-10-15(21-22-16)13-5-7-18-8-6-13/h2-10H,11H2,1H3,(H3,19,20,21,22,23). The zero-order valence-electron chi connectivity index (χ0n) is 13.1. The smallest absolute Gasteiger partial charge is 0.320 e. The van der Waals surface area contributed by atoms with Gasteiger partial charge in [0, 0.05) is 30.6 Å². The molecule has 24 heavy (non-hydrogen) atoms. The molecule has 0 atom stereocenters. The largest absolute Gasteiger partial charge is 0.497 e. The van der Waals surface area contributed by atoms with Crippen molar-refractivity contribution in [2.45, 2.75) is 6.54 Å². The second kappa shape index (κ2) is 7.28. The Hall–Kier alpha value is -3.35. The van der Waals surface area contributed by atoms with Crippen molar-refractivity contribution in [2.75, 3.05) is 12.4 Å². The maximum atomic E-state index is 12.0. The summed E-state index contributed by atoms with van der Waals surface area (Å²) in [4.78, 5) is 15.9. The van der Waals surface area contributed by atoms with Crippen LogP contribution in [0.25, 0.3) is 11.3 Å². The monoisotopic (exact) mass is 323 g/mol. The van der Waals surface area contributed by atoms with E-state index in [1.807, 2.05) is 36.4 Å². The number of carbonyl (C=O) groups excluding carboxylic acids is 1. The number of hydrogen-bond donors (Lipinski definition) is 3. The van der Waals surface area contributed by atoms with E-state index in [1.165, 1.54) is 0 Å². The number of nitrogens with one attached hydrogen (secondary N) is 3. The molecule has 0 saturated heterocycles. The van der Waals surface area contributed by atoms with E-state index in [9.17, 15) is 4.79 Å². The number of hydrogen-bond acceptors (Lipinski definition) is 4. The van der Waals surface area contributed by atoms with Gasteiger partial charge in [-0.15, -0.1) is 0 Å². The number of methoxy groups -OCH3 is 1. The Morgan fingerprint density at radius 2 is 2.04 bits per heavy atom. The molecule has 0 aliphatic rings. The molecule has 7 heteroatoms. The highest BCUT2D eigenvalue weighted by Crippen LogP contribution is 2.18. The van der Waals surface area contributed by atoms with Crippen molar-refractivity contribution in [2.24, 2.45) is 0 Å². The fourth-order valence-corrected chi connectivity index (χ4v) is 2.19. The van der Waals surface area contributed by atoms with Gasteiger partial charge in [-0.1, -0.05) is 12.1 Å². The first-order valence-corrected chi connectivity index (χ1v) is 7.38. The highest BCUT2D eigenvalue weighted by Gasteiger charge is 2.07. The Kier molecular flexibility index (Phi) is 4.71. The number of carbonyl (C=O) groups is 1. The molecule has 0 fully saturated rings. The van der Waals surface area contributed by atoms with Crippen LogP contribution in [0.4, 0.5) is 10.6 Å². The van der Waals surface area contributed by atoms with E-state index >= 15 is 0 Å². The van der Waals surface area contributed by atoms with Crippen molar-refractivity contribution >= 4 is 11.8 Å². The Bertz CT molecular complexity index is 817. The van der Waals surface area contributed by atoms with Gasteiger partial charge < -0.3 is 10.1 Å². The molecule has 0 radical (unpaired) electrons. The van der Waals surface area contributed by atoms with Crippen molar-refractivity contribution in [3.63, 3.8) is 0 Å². The predicted octanol–water partition coefficient (Wildman–Crippen LogP) is 2.80. The zero-order chi connectivity index (χ0) is 16.8. The van der Waals surface area contributed by atoms with Crippen LogP contribution in [0.5, 0.6) is 5.75 Å². The summed E-state index contributed by atoms with van der Waals surface area (Å²) < 4.78 is 5.16. The maximum absolute atomic E-state index is 12.0. The van der Waals surface area contributed by atoms with Gasteiger partial charge in [0.05, 0.1) is 12.8 Å². The van der Waals surface area contributed by atoms with Crippen molar-refractivity contribution in [3.05, 3.63) is 60.4 Å². The summed E-state index contributed by atoms with van der Waals surface area (Å²) in [6.45, 7) is 0.394. The van der Waals surface area contributed by atoms with E-state index in [0.29, 0.717) is 12.4 Å². The number of rotatable bonds is 5. The van der Waals surface area contributed by atoms with Crippen molar-refractivity contribution in [3.8, 4) is 17.0 Å². The molecule has 3 rings (SSSR count). The van der Waals surface area contributed by atoms with Crippen LogP contribution in [0.3, 0.4) is 0 Å². The molecule has 0 saturated carbocycles. The molecular formula is C17H17N5O2. The van der Waals surface area contributed by atoms with Crippen LogP contribution in [0.2, 0.25) is 0 Å². The first-order chi connectivity index (χ1) is 11.7. The van der Waals surface area contributed by atoms with E-state index in [0.717, 1.165) is 22.6 Å². The fraction of sp³-hybridized carbons (Fsp3) is 0.118. The molecule has 3 aromatic rings. The van der Waals surface area contributed by atoms with Crippen molar-refractivity contribution < 1.29 is 9.53 Å². The first-order valence-electron chi connectivity index (χ1n) is 7.38. The quantitative estimate of drug-likeness (QED) is 0.673.